The molecule has 0 radical (unpaired) electrons. The van der Waals surface area contributed by atoms with Crippen molar-refractivity contribution in [2.45, 2.75) is 13.3 Å². The molecule has 2 heterocycles. The van der Waals surface area contributed by atoms with Crippen molar-refractivity contribution >= 4 is 11.8 Å². The molecule has 2 aliphatic carbocycles. The summed E-state index contributed by atoms with van der Waals surface area (Å²) in [6, 6.07) is 0. The lowest BCUT2D eigenvalue weighted by Crippen LogP contribution is -2.43. The number of carbonyl (C=O) groups is 2. The number of hydrogen-bond acceptors (Lipinski definition) is 4. The Balaban J connectivity index is 1.85. The third kappa shape index (κ3) is 0.878. The van der Waals surface area contributed by atoms with Gasteiger partial charge in [-0.25, -0.2) is 4.68 Å². The first kappa shape index (κ1) is 9.99. The smallest absolute Gasteiger partial charge is 0.256 e. The Morgan fingerprint density at radius 1 is 1.28 bits per heavy atom. The molecule has 4 rings (SSSR count). The number of hydrogen-bond donors (Lipinski definition) is 0. The van der Waals surface area contributed by atoms with Crippen LogP contribution >= 0.6 is 0 Å². The van der Waals surface area contributed by atoms with Crippen LogP contribution in [0.15, 0.2) is 24.8 Å². The zero-order valence-electron chi connectivity index (χ0n) is 9.85. The molecule has 0 aromatic carbocycles. The van der Waals surface area contributed by atoms with Crippen molar-refractivity contribution < 1.29 is 9.59 Å². The van der Waals surface area contributed by atoms with Gasteiger partial charge in [-0.05, 0) is 25.2 Å². The number of aromatic nitrogens is 3. The minimum atomic E-state index is -0.583. The summed E-state index contributed by atoms with van der Waals surface area (Å²) in [7, 11) is 0. The SMILES string of the molecule is C[C@@]12C(=O)N(n3cnnc3)C(=O)[C@H]1[C@@H]1C=C[C@@H]2C1. The Kier molecular flexibility index (Phi) is 1.60. The molecule has 1 aromatic rings. The highest BCUT2D eigenvalue weighted by atomic mass is 16.2. The van der Waals surface area contributed by atoms with Gasteiger partial charge in [0.1, 0.15) is 12.7 Å². The predicted octanol–water partition coefficient (Wildman–Crippen LogP) is 0.111. The molecule has 4 atom stereocenters. The van der Waals surface area contributed by atoms with E-state index in [2.05, 4.69) is 22.3 Å². The highest BCUT2D eigenvalue weighted by molar-refractivity contribution is 6.19. The first-order chi connectivity index (χ1) is 8.64. The number of fused-ring (bicyclic) bond motifs is 5. The van der Waals surface area contributed by atoms with Crippen LogP contribution in [0, 0.1) is 23.2 Å². The van der Waals surface area contributed by atoms with Crippen LogP contribution in [0.3, 0.4) is 0 Å². The number of imide groups is 1. The Bertz CT molecular complexity index is 579. The summed E-state index contributed by atoms with van der Waals surface area (Å²) in [6.07, 6.45) is 7.86. The fraction of sp³-hybridized carbons (Fsp3) is 0.500. The van der Waals surface area contributed by atoms with Gasteiger partial charge in [0.25, 0.3) is 11.8 Å². The average Bonchev–Trinajstić information content (AvgIpc) is 3.04. The highest BCUT2D eigenvalue weighted by Crippen LogP contribution is 2.59. The summed E-state index contributed by atoms with van der Waals surface area (Å²) in [5.74, 6) is -0.0842. The third-order valence-electron chi connectivity index (χ3n) is 4.73. The molecule has 18 heavy (non-hydrogen) atoms. The molecule has 0 N–H and O–H groups in total. The zero-order valence-corrected chi connectivity index (χ0v) is 9.85. The van der Waals surface area contributed by atoms with Gasteiger partial charge < -0.3 is 0 Å². The van der Waals surface area contributed by atoms with Gasteiger partial charge in [0.05, 0.1) is 11.3 Å². The lowest BCUT2D eigenvalue weighted by atomic mass is 9.71. The van der Waals surface area contributed by atoms with Crippen molar-refractivity contribution in [3.8, 4) is 0 Å². The molecular formula is C12H12N4O2. The molecule has 2 bridgehead atoms. The first-order valence-corrected chi connectivity index (χ1v) is 6.05. The average molecular weight is 244 g/mol. The topological polar surface area (TPSA) is 68.1 Å². The van der Waals surface area contributed by atoms with E-state index in [1.54, 1.807) is 0 Å². The number of allylic oxidation sites excluding steroid dienone is 2. The number of rotatable bonds is 1. The Hall–Kier alpha value is -1.98. The standard InChI is InChI=1S/C12H12N4O2/c1-12-8-3-2-7(4-8)9(12)10(17)16(11(12)18)15-5-13-14-6-15/h2-3,5-9H,4H2,1H3/t7-,8-,9-,12+/m1/s1. The van der Waals surface area contributed by atoms with Gasteiger partial charge in [0.2, 0.25) is 0 Å². The molecule has 3 aliphatic rings. The number of amides is 2. The molecule has 1 aromatic heterocycles. The van der Waals surface area contributed by atoms with Crippen LogP contribution in [0.1, 0.15) is 13.3 Å². The fourth-order valence-electron chi connectivity index (χ4n) is 3.80. The summed E-state index contributed by atoms with van der Waals surface area (Å²) in [5, 5.41) is 8.51. The van der Waals surface area contributed by atoms with Gasteiger partial charge in [-0.1, -0.05) is 12.2 Å². The first-order valence-electron chi connectivity index (χ1n) is 6.05. The minimum absolute atomic E-state index is 0.126. The normalized spacial score (nSPS) is 40.9. The highest BCUT2D eigenvalue weighted by Gasteiger charge is 2.67. The number of nitrogens with zero attached hydrogens (tertiary/aromatic N) is 4. The molecule has 1 saturated carbocycles. The summed E-state index contributed by atoms with van der Waals surface area (Å²) >= 11 is 0. The van der Waals surface area contributed by atoms with Gasteiger partial charge in [0.15, 0.2) is 0 Å². The fourth-order valence-corrected chi connectivity index (χ4v) is 3.80. The monoisotopic (exact) mass is 244 g/mol. The molecule has 2 fully saturated rings. The molecule has 6 heteroatoms. The largest absolute Gasteiger partial charge is 0.272 e. The van der Waals surface area contributed by atoms with Crippen molar-refractivity contribution in [1.82, 2.24) is 14.9 Å². The second kappa shape index (κ2) is 2.88. The van der Waals surface area contributed by atoms with Gasteiger partial charge >= 0.3 is 0 Å². The van der Waals surface area contributed by atoms with Gasteiger partial charge in [-0.2, -0.15) is 5.01 Å². The van der Waals surface area contributed by atoms with E-state index < -0.39 is 5.41 Å². The summed E-state index contributed by atoms with van der Waals surface area (Å²) < 4.78 is 1.38. The van der Waals surface area contributed by atoms with Crippen molar-refractivity contribution in [3.63, 3.8) is 0 Å². The lowest BCUT2D eigenvalue weighted by Gasteiger charge is -2.27. The summed E-state index contributed by atoms with van der Waals surface area (Å²) in [6.45, 7) is 1.91. The van der Waals surface area contributed by atoms with Crippen LogP contribution in [0.5, 0.6) is 0 Å². The van der Waals surface area contributed by atoms with Crippen LogP contribution in [0.2, 0.25) is 0 Å². The maximum atomic E-state index is 12.6. The maximum Gasteiger partial charge on any atom is 0.256 e. The van der Waals surface area contributed by atoms with Crippen LogP contribution in [0.4, 0.5) is 0 Å². The molecule has 1 aliphatic heterocycles. The van der Waals surface area contributed by atoms with E-state index in [9.17, 15) is 9.59 Å². The lowest BCUT2D eigenvalue weighted by molar-refractivity contribution is -0.128. The molecular weight excluding hydrogens is 232 g/mol. The Labute approximate surface area is 103 Å². The molecule has 6 nitrogen and oxygen atoms in total. The molecule has 0 unspecified atom stereocenters. The van der Waals surface area contributed by atoms with Gasteiger partial charge in [-0.3, -0.25) is 9.59 Å². The Morgan fingerprint density at radius 2 is 2.00 bits per heavy atom. The van der Waals surface area contributed by atoms with E-state index in [0.29, 0.717) is 0 Å². The quantitative estimate of drug-likeness (QED) is 0.519. The van der Waals surface area contributed by atoms with E-state index in [-0.39, 0.29) is 29.6 Å². The second-order valence-corrected chi connectivity index (χ2v) is 5.45. The summed E-state index contributed by atoms with van der Waals surface area (Å²) in [4.78, 5) is 25.1. The van der Waals surface area contributed by atoms with E-state index in [0.717, 1.165) is 6.42 Å². The van der Waals surface area contributed by atoms with E-state index >= 15 is 0 Å². The molecule has 1 saturated heterocycles. The van der Waals surface area contributed by atoms with Gasteiger partial charge in [-0.15, -0.1) is 10.2 Å². The molecule has 0 spiro atoms. The van der Waals surface area contributed by atoms with E-state index in [1.807, 2.05) is 6.92 Å². The van der Waals surface area contributed by atoms with Crippen LogP contribution in [0.25, 0.3) is 0 Å². The van der Waals surface area contributed by atoms with Crippen LogP contribution in [-0.4, -0.2) is 26.7 Å². The van der Waals surface area contributed by atoms with E-state index in [1.165, 1.54) is 22.3 Å². The van der Waals surface area contributed by atoms with Crippen LogP contribution in [-0.2, 0) is 9.59 Å². The zero-order chi connectivity index (χ0) is 12.5. The van der Waals surface area contributed by atoms with Crippen LogP contribution < -0.4 is 5.01 Å². The Morgan fingerprint density at radius 3 is 2.67 bits per heavy atom. The van der Waals surface area contributed by atoms with E-state index in [4.69, 9.17) is 0 Å². The predicted molar refractivity (Wildman–Crippen MR) is 60.6 cm³/mol. The molecule has 2 amide bonds. The van der Waals surface area contributed by atoms with Crippen molar-refractivity contribution in [3.05, 3.63) is 24.8 Å². The van der Waals surface area contributed by atoms with Crippen molar-refractivity contribution in [1.29, 1.82) is 0 Å². The second-order valence-electron chi connectivity index (χ2n) is 5.45. The molecule has 92 valence electrons. The minimum Gasteiger partial charge on any atom is -0.272 e. The van der Waals surface area contributed by atoms with Crippen molar-refractivity contribution in [2.24, 2.45) is 23.2 Å². The maximum absolute atomic E-state index is 12.6. The summed E-state index contributed by atoms with van der Waals surface area (Å²) in [5.41, 5.74) is -0.583. The number of carbonyl (C=O) groups excluding carboxylic acids is 2. The third-order valence-corrected chi connectivity index (χ3v) is 4.73. The van der Waals surface area contributed by atoms with Gasteiger partial charge in [0, 0.05) is 0 Å². The van der Waals surface area contributed by atoms with Crippen molar-refractivity contribution in [2.75, 3.05) is 5.01 Å².